The van der Waals surface area contributed by atoms with Crippen LogP contribution in [0.2, 0.25) is 0 Å². The summed E-state index contributed by atoms with van der Waals surface area (Å²) in [6.45, 7) is 4.71. The van der Waals surface area contributed by atoms with Crippen LogP contribution in [-0.2, 0) is 11.3 Å². The van der Waals surface area contributed by atoms with Crippen molar-refractivity contribution >= 4 is 5.97 Å². The van der Waals surface area contributed by atoms with Gasteiger partial charge in [0.1, 0.15) is 11.3 Å². The van der Waals surface area contributed by atoms with Gasteiger partial charge in [0.2, 0.25) is 0 Å². The van der Waals surface area contributed by atoms with E-state index in [4.69, 9.17) is 9.84 Å². The summed E-state index contributed by atoms with van der Waals surface area (Å²) in [6, 6.07) is 3.16. The molecular formula is C12H16O4. The topological polar surface area (TPSA) is 66.8 Å². The number of aryl methyl sites for hydroxylation is 1. The van der Waals surface area contributed by atoms with Gasteiger partial charge in [0.25, 0.3) is 0 Å². The molecule has 1 aromatic carbocycles. The number of aromatic carboxylic acids is 1. The van der Waals surface area contributed by atoms with Crippen molar-refractivity contribution in [2.75, 3.05) is 6.61 Å². The molecule has 0 aromatic heterocycles. The Morgan fingerprint density at radius 1 is 1.44 bits per heavy atom. The monoisotopic (exact) mass is 224 g/mol. The zero-order valence-corrected chi connectivity index (χ0v) is 9.49. The van der Waals surface area contributed by atoms with Crippen LogP contribution in [0.5, 0.6) is 5.75 Å². The lowest BCUT2D eigenvalue weighted by Gasteiger charge is -2.08. The first kappa shape index (κ1) is 12.5. The molecule has 0 aliphatic carbocycles. The van der Waals surface area contributed by atoms with Crippen LogP contribution in [0.4, 0.5) is 0 Å². The van der Waals surface area contributed by atoms with E-state index in [0.29, 0.717) is 18.8 Å². The van der Waals surface area contributed by atoms with E-state index in [2.05, 4.69) is 0 Å². The Balaban J connectivity index is 2.87. The van der Waals surface area contributed by atoms with Gasteiger partial charge < -0.3 is 14.9 Å². The standard InChI is InChI=1S/C12H16O4/c1-3-4-16-7-9-5-8(2)11(12(14)15)10(13)6-9/h5-6,13H,3-4,7H2,1-2H3,(H,14,15). The molecule has 0 saturated carbocycles. The average molecular weight is 224 g/mol. The molecular weight excluding hydrogens is 208 g/mol. The third-order valence-electron chi connectivity index (χ3n) is 2.21. The first-order valence-corrected chi connectivity index (χ1v) is 5.19. The predicted molar refractivity (Wildman–Crippen MR) is 59.8 cm³/mol. The normalized spacial score (nSPS) is 10.4. The lowest BCUT2D eigenvalue weighted by atomic mass is 10.0. The Bertz CT molecular complexity index is 362. The maximum Gasteiger partial charge on any atom is 0.339 e. The number of ether oxygens (including phenoxy) is 1. The van der Waals surface area contributed by atoms with Crippen LogP contribution < -0.4 is 0 Å². The van der Waals surface area contributed by atoms with Crippen molar-refractivity contribution in [1.29, 1.82) is 0 Å². The van der Waals surface area contributed by atoms with Crippen molar-refractivity contribution in [3.63, 3.8) is 0 Å². The molecule has 0 unspecified atom stereocenters. The molecule has 0 bridgehead atoms. The highest BCUT2D eigenvalue weighted by Gasteiger charge is 2.13. The van der Waals surface area contributed by atoms with E-state index >= 15 is 0 Å². The van der Waals surface area contributed by atoms with Gasteiger partial charge >= 0.3 is 5.97 Å². The summed E-state index contributed by atoms with van der Waals surface area (Å²) in [5.74, 6) is -1.32. The molecule has 88 valence electrons. The van der Waals surface area contributed by atoms with E-state index in [1.54, 1.807) is 13.0 Å². The van der Waals surface area contributed by atoms with E-state index in [-0.39, 0.29) is 11.3 Å². The molecule has 2 N–H and O–H groups in total. The van der Waals surface area contributed by atoms with Gasteiger partial charge in [-0.1, -0.05) is 13.0 Å². The summed E-state index contributed by atoms with van der Waals surface area (Å²) >= 11 is 0. The zero-order valence-electron chi connectivity index (χ0n) is 9.49. The zero-order chi connectivity index (χ0) is 12.1. The van der Waals surface area contributed by atoms with Crippen LogP contribution in [0, 0.1) is 6.92 Å². The molecule has 0 fully saturated rings. The summed E-state index contributed by atoms with van der Waals surface area (Å²) in [7, 11) is 0. The lowest BCUT2D eigenvalue weighted by Crippen LogP contribution is -2.02. The number of phenols is 1. The summed E-state index contributed by atoms with van der Waals surface area (Å²) in [5, 5.41) is 18.4. The van der Waals surface area contributed by atoms with E-state index in [9.17, 15) is 9.90 Å². The number of carbonyl (C=O) groups is 1. The van der Waals surface area contributed by atoms with Gasteiger partial charge in [-0.05, 0) is 30.5 Å². The molecule has 0 saturated heterocycles. The number of benzene rings is 1. The molecule has 1 aromatic rings. The molecule has 0 atom stereocenters. The maximum atomic E-state index is 10.8. The highest BCUT2D eigenvalue weighted by Crippen LogP contribution is 2.23. The second-order valence-electron chi connectivity index (χ2n) is 3.66. The molecule has 0 spiro atoms. The highest BCUT2D eigenvalue weighted by molar-refractivity contribution is 5.92. The summed E-state index contributed by atoms with van der Waals surface area (Å²) in [4.78, 5) is 10.8. The molecule has 4 nitrogen and oxygen atoms in total. The fourth-order valence-corrected chi connectivity index (χ4v) is 1.54. The van der Waals surface area contributed by atoms with Gasteiger partial charge in [0, 0.05) is 6.61 Å². The second-order valence-corrected chi connectivity index (χ2v) is 3.66. The van der Waals surface area contributed by atoms with E-state index < -0.39 is 5.97 Å². The van der Waals surface area contributed by atoms with E-state index in [1.807, 2.05) is 6.92 Å². The predicted octanol–water partition coefficient (Wildman–Crippen LogP) is 2.33. The number of aromatic hydroxyl groups is 1. The van der Waals surface area contributed by atoms with Gasteiger partial charge in [0.05, 0.1) is 6.61 Å². The van der Waals surface area contributed by atoms with Crippen molar-refractivity contribution in [3.05, 3.63) is 28.8 Å². The van der Waals surface area contributed by atoms with Crippen LogP contribution in [0.15, 0.2) is 12.1 Å². The number of hydrogen-bond acceptors (Lipinski definition) is 3. The van der Waals surface area contributed by atoms with Gasteiger partial charge in [-0.25, -0.2) is 4.79 Å². The van der Waals surface area contributed by atoms with Crippen LogP contribution in [0.25, 0.3) is 0 Å². The summed E-state index contributed by atoms with van der Waals surface area (Å²) in [6.07, 6.45) is 0.929. The van der Waals surface area contributed by atoms with Crippen molar-refractivity contribution < 1.29 is 19.7 Å². The maximum absolute atomic E-state index is 10.8. The molecule has 16 heavy (non-hydrogen) atoms. The molecule has 0 amide bonds. The fourth-order valence-electron chi connectivity index (χ4n) is 1.54. The van der Waals surface area contributed by atoms with Crippen LogP contribution in [0.3, 0.4) is 0 Å². The number of hydrogen-bond donors (Lipinski definition) is 2. The fraction of sp³-hybridized carbons (Fsp3) is 0.417. The van der Waals surface area contributed by atoms with Crippen LogP contribution in [-0.4, -0.2) is 22.8 Å². The molecule has 0 heterocycles. The second kappa shape index (κ2) is 5.51. The molecule has 0 radical (unpaired) electrons. The van der Waals surface area contributed by atoms with E-state index in [0.717, 1.165) is 12.0 Å². The number of carboxylic acid groups (broad SMARTS) is 1. The quantitative estimate of drug-likeness (QED) is 0.753. The lowest BCUT2D eigenvalue weighted by molar-refractivity contribution is 0.0692. The Hall–Kier alpha value is -1.55. The van der Waals surface area contributed by atoms with Gasteiger partial charge in [-0.3, -0.25) is 0 Å². The third-order valence-corrected chi connectivity index (χ3v) is 2.21. The minimum atomic E-state index is -1.11. The highest BCUT2D eigenvalue weighted by atomic mass is 16.5. The molecule has 1 rings (SSSR count). The Morgan fingerprint density at radius 2 is 2.12 bits per heavy atom. The first-order valence-electron chi connectivity index (χ1n) is 5.19. The largest absolute Gasteiger partial charge is 0.507 e. The SMILES string of the molecule is CCCOCc1cc(C)c(C(=O)O)c(O)c1. The molecule has 4 heteroatoms. The van der Waals surface area contributed by atoms with Gasteiger partial charge in [-0.15, -0.1) is 0 Å². The Kier molecular flexibility index (Phi) is 4.31. The summed E-state index contributed by atoms with van der Waals surface area (Å²) in [5.41, 5.74) is 1.29. The molecule has 0 aliphatic rings. The average Bonchev–Trinajstić information content (AvgIpc) is 2.16. The number of carboxylic acids is 1. The number of rotatable bonds is 5. The Labute approximate surface area is 94.5 Å². The van der Waals surface area contributed by atoms with Crippen LogP contribution >= 0.6 is 0 Å². The third kappa shape index (κ3) is 2.97. The minimum Gasteiger partial charge on any atom is -0.507 e. The van der Waals surface area contributed by atoms with Gasteiger partial charge in [0.15, 0.2) is 0 Å². The van der Waals surface area contributed by atoms with Gasteiger partial charge in [-0.2, -0.15) is 0 Å². The summed E-state index contributed by atoms with van der Waals surface area (Å²) < 4.78 is 5.32. The Morgan fingerprint density at radius 3 is 2.62 bits per heavy atom. The van der Waals surface area contributed by atoms with E-state index in [1.165, 1.54) is 6.07 Å². The van der Waals surface area contributed by atoms with Crippen molar-refractivity contribution in [2.45, 2.75) is 26.9 Å². The minimum absolute atomic E-state index is 0.0424. The molecule has 0 aliphatic heterocycles. The van der Waals surface area contributed by atoms with Crippen LogP contribution in [0.1, 0.15) is 34.8 Å². The van der Waals surface area contributed by atoms with Crippen molar-refractivity contribution in [2.24, 2.45) is 0 Å². The first-order chi connectivity index (χ1) is 7.56. The van der Waals surface area contributed by atoms with Crippen molar-refractivity contribution in [3.8, 4) is 5.75 Å². The van der Waals surface area contributed by atoms with Crippen molar-refractivity contribution in [1.82, 2.24) is 0 Å². The smallest absolute Gasteiger partial charge is 0.339 e.